The summed E-state index contributed by atoms with van der Waals surface area (Å²) in [6.07, 6.45) is 2.39. The van der Waals surface area contributed by atoms with Crippen LogP contribution in [0, 0.1) is 0 Å². The fourth-order valence-electron chi connectivity index (χ4n) is 1.29. The molecular formula is C10H17ClN2O2. The average molecular weight is 233 g/mol. The maximum atomic E-state index is 5.58. The fourth-order valence-corrected chi connectivity index (χ4v) is 1.43. The first-order valence-electron chi connectivity index (χ1n) is 5.31. The first-order valence-corrected chi connectivity index (χ1v) is 5.85. The van der Waals surface area contributed by atoms with Gasteiger partial charge in [-0.15, -0.1) is 11.6 Å². The molecule has 0 spiro atoms. The van der Waals surface area contributed by atoms with E-state index in [-0.39, 0.29) is 6.10 Å². The molecule has 1 unspecified atom stereocenters. The average Bonchev–Trinajstić information content (AvgIpc) is 2.71. The molecule has 0 saturated heterocycles. The largest absolute Gasteiger partial charge is 0.370 e. The summed E-state index contributed by atoms with van der Waals surface area (Å²) >= 11 is 5.58. The van der Waals surface area contributed by atoms with Gasteiger partial charge in [0.15, 0.2) is 0 Å². The molecule has 0 bridgehead atoms. The predicted octanol–water partition coefficient (Wildman–Crippen LogP) is 2.73. The molecule has 1 aromatic heterocycles. The number of aromatic nitrogens is 2. The van der Waals surface area contributed by atoms with E-state index in [0.717, 1.165) is 19.3 Å². The highest BCUT2D eigenvalue weighted by Crippen LogP contribution is 2.17. The number of hydrogen-bond donors (Lipinski definition) is 0. The Kier molecular flexibility index (Phi) is 5.65. The van der Waals surface area contributed by atoms with Crippen LogP contribution in [0.2, 0.25) is 0 Å². The van der Waals surface area contributed by atoms with E-state index in [4.69, 9.17) is 20.9 Å². The molecule has 0 aromatic carbocycles. The number of aryl methyl sites for hydroxylation is 1. The molecule has 1 atom stereocenters. The third-order valence-corrected chi connectivity index (χ3v) is 2.30. The molecule has 0 saturated carbocycles. The first kappa shape index (κ1) is 12.5. The minimum Gasteiger partial charge on any atom is -0.370 e. The van der Waals surface area contributed by atoms with Gasteiger partial charge in [0.25, 0.3) is 0 Å². The summed E-state index contributed by atoms with van der Waals surface area (Å²) < 4.78 is 10.6. The Morgan fingerprint density at radius 3 is 2.87 bits per heavy atom. The highest BCUT2D eigenvalue weighted by Gasteiger charge is 2.16. The van der Waals surface area contributed by atoms with Crippen LogP contribution in [0.15, 0.2) is 4.52 Å². The normalized spacial score (nSPS) is 13.0. The van der Waals surface area contributed by atoms with Gasteiger partial charge < -0.3 is 9.26 Å². The summed E-state index contributed by atoms with van der Waals surface area (Å²) in [5, 5.41) is 3.90. The molecule has 15 heavy (non-hydrogen) atoms. The van der Waals surface area contributed by atoms with Crippen molar-refractivity contribution in [2.75, 3.05) is 12.5 Å². The van der Waals surface area contributed by atoms with E-state index in [1.807, 2.05) is 13.8 Å². The van der Waals surface area contributed by atoms with Crippen LogP contribution in [-0.2, 0) is 11.2 Å². The Morgan fingerprint density at radius 2 is 2.27 bits per heavy atom. The highest BCUT2D eigenvalue weighted by molar-refractivity contribution is 6.17. The molecule has 0 aliphatic rings. The molecule has 0 aliphatic carbocycles. The van der Waals surface area contributed by atoms with Gasteiger partial charge in [0.1, 0.15) is 6.10 Å². The van der Waals surface area contributed by atoms with Crippen LogP contribution < -0.4 is 0 Å². The molecule has 0 amide bonds. The molecule has 5 heteroatoms. The van der Waals surface area contributed by atoms with Crippen molar-refractivity contribution < 1.29 is 9.26 Å². The molecule has 0 radical (unpaired) electrons. The number of nitrogens with zero attached hydrogens (tertiary/aromatic N) is 2. The van der Waals surface area contributed by atoms with Gasteiger partial charge in [-0.1, -0.05) is 12.1 Å². The quantitative estimate of drug-likeness (QED) is 0.679. The lowest BCUT2D eigenvalue weighted by atomic mass is 10.2. The van der Waals surface area contributed by atoms with Crippen LogP contribution in [0.5, 0.6) is 0 Å². The standard InChI is InChI=1S/C10H17ClN2O2/c1-3-8(14-4-2)10-12-9(15-13-10)6-5-7-11/h8H,3-7H2,1-2H3. The smallest absolute Gasteiger partial charge is 0.226 e. The summed E-state index contributed by atoms with van der Waals surface area (Å²) in [7, 11) is 0. The number of halogens is 1. The lowest BCUT2D eigenvalue weighted by Crippen LogP contribution is -2.05. The van der Waals surface area contributed by atoms with Crippen molar-refractivity contribution in [2.45, 2.75) is 39.2 Å². The molecule has 0 aliphatic heterocycles. The monoisotopic (exact) mass is 232 g/mol. The molecule has 1 heterocycles. The second kappa shape index (κ2) is 6.80. The Hall–Kier alpha value is -0.610. The van der Waals surface area contributed by atoms with E-state index >= 15 is 0 Å². The molecule has 1 rings (SSSR count). The van der Waals surface area contributed by atoms with Crippen molar-refractivity contribution in [3.8, 4) is 0 Å². The molecular weight excluding hydrogens is 216 g/mol. The maximum Gasteiger partial charge on any atom is 0.226 e. The highest BCUT2D eigenvalue weighted by atomic mass is 35.5. The zero-order valence-electron chi connectivity index (χ0n) is 9.20. The Balaban J connectivity index is 2.56. The van der Waals surface area contributed by atoms with Crippen LogP contribution in [0.25, 0.3) is 0 Å². The van der Waals surface area contributed by atoms with E-state index in [9.17, 15) is 0 Å². The Morgan fingerprint density at radius 1 is 1.47 bits per heavy atom. The van der Waals surface area contributed by atoms with Gasteiger partial charge in [-0.05, 0) is 19.8 Å². The Labute approximate surface area is 95.0 Å². The van der Waals surface area contributed by atoms with Crippen LogP contribution in [-0.4, -0.2) is 22.6 Å². The van der Waals surface area contributed by atoms with Crippen molar-refractivity contribution in [3.63, 3.8) is 0 Å². The van der Waals surface area contributed by atoms with Crippen LogP contribution in [0.1, 0.15) is 44.5 Å². The van der Waals surface area contributed by atoms with Gasteiger partial charge in [-0.25, -0.2) is 0 Å². The number of alkyl halides is 1. The van der Waals surface area contributed by atoms with E-state index < -0.39 is 0 Å². The minimum absolute atomic E-state index is 0.0523. The lowest BCUT2D eigenvalue weighted by Gasteiger charge is -2.09. The third kappa shape index (κ3) is 3.80. The van der Waals surface area contributed by atoms with E-state index in [2.05, 4.69) is 10.1 Å². The first-order chi connectivity index (χ1) is 7.31. The molecule has 1 aromatic rings. The zero-order chi connectivity index (χ0) is 11.1. The third-order valence-electron chi connectivity index (χ3n) is 2.03. The predicted molar refractivity (Wildman–Crippen MR) is 58.0 cm³/mol. The van der Waals surface area contributed by atoms with Crippen molar-refractivity contribution in [1.82, 2.24) is 10.1 Å². The summed E-state index contributed by atoms with van der Waals surface area (Å²) in [4.78, 5) is 4.28. The van der Waals surface area contributed by atoms with Gasteiger partial charge in [0.05, 0.1) is 0 Å². The van der Waals surface area contributed by atoms with Crippen LogP contribution >= 0.6 is 11.6 Å². The van der Waals surface area contributed by atoms with Gasteiger partial charge in [-0.2, -0.15) is 4.98 Å². The summed E-state index contributed by atoms with van der Waals surface area (Å²) in [5.74, 6) is 1.90. The number of ether oxygens (including phenoxy) is 1. The van der Waals surface area contributed by atoms with Crippen LogP contribution in [0.4, 0.5) is 0 Å². The summed E-state index contributed by atoms with van der Waals surface area (Å²) in [5.41, 5.74) is 0. The lowest BCUT2D eigenvalue weighted by molar-refractivity contribution is 0.0518. The van der Waals surface area contributed by atoms with E-state index in [1.54, 1.807) is 0 Å². The zero-order valence-corrected chi connectivity index (χ0v) is 9.96. The van der Waals surface area contributed by atoms with Crippen molar-refractivity contribution in [1.29, 1.82) is 0 Å². The van der Waals surface area contributed by atoms with Crippen LogP contribution in [0.3, 0.4) is 0 Å². The van der Waals surface area contributed by atoms with E-state index in [1.165, 1.54) is 0 Å². The summed E-state index contributed by atoms with van der Waals surface area (Å²) in [6, 6.07) is 0. The van der Waals surface area contributed by atoms with Gasteiger partial charge in [0, 0.05) is 18.9 Å². The fraction of sp³-hybridized carbons (Fsp3) is 0.800. The van der Waals surface area contributed by atoms with Crippen molar-refractivity contribution >= 4 is 11.6 Å². The maximum absolute atomic E-state index is 5.58. The number of rotatable bonds is 7. The molecule has 86 valence electrons. The second-order valence-electron chi connectivity index (χ2n) is 3.19. The molecule has 0 fully saturated rings. The van der Waals surface area contributed by atoms with Gasteiger partial charge >= 0.3 is 0 Å². The van der Waals surface area contributed by atoms with Crippen molar-refractivity contribution in [2.24, 2.45) is 0 Å². The van der Waals surface area contributed by atoms with Crippen molar-refractivity contribution in [3.05, 3.63) is 11.7 Å². The Bertz CT molecular complexity index is 278. The molecule has 0 N–H and O–H groups in total. The van der Waals surface area contributed by atoms with Gasteiger partial charge in [-0.3, -0.25) is 0 Å². The second-order valence-corrected chi connectivity index (χ2v) is 3.57. The van der Waals surface area contributed by atoms with Gasteiger partial charge in [0.2, 0.25) is 11.7 Å². The molecule has 4 nitrogen and oxygen atoms in total. The minimum atomic E-state index is -0.0523. The topological polar surface area (TPSA) is 48.2 Å². The number of hydrogen-bond acceptors (Lipinski definition) is 4. The van der Waals surface area contributed by atoms with E-state index in [0.29, 0.717) is 24.2 Å². The SMILES string of the molecule is CCOC(CC)c1noc(CCCCl)n1. The summed E-state index contributed by atoms with van der Waals surface area (Å²) in [6.45, 7) is 4.65.